The van der Waals surface area contributed by atoms with Gasteiger partial charge in [0.2, 0.25) is 0 Å². The molecule has 0 fully saturated rings. The first-order valence-electron chi connectivity index (χ1n) is 6.59. The Morgan fingerprint density at radius 3 is 2.85 bits per heavy atom. The highest BCUT2D eigenvalue weighted by molar-refractivity contribution is 5.83. The van der Waals surface area contributed by atoms with Crippen LogP contribution in [0.3, 0.4) is 0 Å². The van der Waals surface area contributed by atoms with Crippen molar-refractivity contribution in [3.63, 3.8) is 0 Å². The molecule has 102 valence electrons. The number of benzene rings is 1. The number of imidazole rings is 1. The molecule has 0 radical (unpaired) electrons. The van der Waals surface area contributed by atoms with Crippen LogP contribution in [0.15, 0.2) is 53.8 Å². The molecule has 0 aliphatic heterocycles. The zero-order valence-electron chi connectivity index (χ0n) is 11.1. The molecular formula is C15H16N4O. The average molecular weight is 268 g/mol. The van der Waals surface area contributed by atoms with Crippen molar-refractivity contribution in [3.8, 4) is 0 Å². The van der Waals surface area contributed by atoms with Crippen LogP contribution in [0, 0.1) is 0 Å². The number of anilines is 1. The quantitative estimate of drug-likeness (QED) is 0.785. The van der Waals surface area contributed by atoms with E-state index in [0.717, 1.165) is 18.4 Å². The number of hydrogen-bond acceptors (Lipinski definition) is 3. The zero-order valence-corrected chi connectivity index (χ0v) is 11.1. The number of pyridine rings is 1. The number of aromatic nitrogens is 3. The predicted octanol–water partition coefficient (Wildman–Crippen LogP) is 1.87. The van der Waals surface area contributed by atoms with Gasteiger partial charge >= 0.3 is 0 Å². The molecule has 3 rings (SSSR count). The maximum Gasteiger partial charge on any atom is 0.259 e. The number of nitrogen functional groups attached to an aromatic ring is 1. The van der Waals surface area contributed by atoms with Gasteiger partial charge in [-0.3, -0.25) is 9.36 Å². The Bertz CT molecular complexity index is 774. The van der Waals surface area contributed by atoms with Crippen molar-refractivity contribution >= 4 is 16.6 Å². The normalized spacial score (nSPS) is 11.0. The van der Waals surface area contributed by atoms with E-state index in [-0.39, 0.29) is 5.56 Å². The van der Waals surface area contributed by atoms with Crippen LogP contribution in [0.5, 0.6) is 0 Å². The average Bonchev–Trinajstić information content (AvgIpc) is 2.96. The lowest BCUT2D eigenvalue weighted by Crippen LogP contribution is -2.23. The van der Waals surface area contributed by atoms with Gasteiger partial charge in [-0.05, 0) is 23.9 Å². The Hall–Kier alpha value is -2.56. The number of hydrogen-bond donors (Lipinski definition) is 1. The number of fused-ring (bicyclic) bond motifs is 1. The van der Waals surface area contributed by atoms with Crippen molar-refractivity contribution in [2.75, 3.05) is 5.73 Å². The second-order valence-electron chi connectivity index (χ2n) is 4.77. The first-order chi connectivity index (χ1) is 9.75. The first kappa shape index (κ1) is 12.5. The van der Waals surface area contributed by atoms with Crippen molar-refractivity contribution in [1.82, 2.24) is 14.1 Å². The summed E-state index contributed by atoms with van der Waals surface area (Å²) in [5.41, 5.74) is 5.97. The van der Waals surface area contributed by atoms with Crippen molar-refractivity contribution in [2.45, 2.75) is 19.5 Å². The summed E-state index contributed by atoms with van der Waals surface area (Å²) in [6.45, 7) is 1.42. The molecule has 0 saturated heterocycles. The molecule has 2 heterocycles. The summed E-state index contributed by atoms with van der Waals surface area (Å²) in [7, 11) is 0. The summed E-state index contributed by atoms with van der Waals surface area (Å²) in [6.07, 6.45) is 6.26. The minimum atomic E-state index is -0.0220. The van der Waals surface area contributed by atoms with Crippen LogP contribution < -0.4 is 11.3 Å². The van der Waals surface area contributed by atoms with Crippen LogP contribution in [-0.4, -0.2) is 14.1 Å². The Labute approximate surface area is 116 Å². The molecule has 2 N–H and O–H groups in total. The molecule has 20 heavy (non-hydrogen) atoms. The van der Waals surface area contributed by atoms with E-state index in [0.29, 0.717) is 17.7 Å². The maximum absolute atomic E-state index is 12.4. The molecule has 0 spiro atoms. The Morgan fingerprint density at radius 2 is 2.05 bits per heavy atom. The van der Waals surface area contributed by atoms with Crippen LogP contribution >= 0.6 is 0 Å². The van der Waals surface area contributed by atoms with E-state index in [2.05, 4.69) is 4.98 Å². The smallest absolute Gasteiger partial charge is 0.259 e. The largest absolute Gasteiger partial charge is 0.385 e. The van der Waals surface area contributed by atoms with E-state index in [4.69, 9.17) is 5.73 Å². The van der Waals surface area contributed by atoms with Gasteiger partial charge in [-0.2, -0.15) is 0 Å². The monoisotopic (exact) mass is 268 g/mol. The SMILES string of the molecule is Nc1cc2ccccc2c(=O)n1CCCn1ccnc1. The number of rotatable bonds is 4. The zero-order chi connectivity index (χ0) is 13.9. The molecule has 0 aliphatic carbocycles. The molecule has 5 heteroatoms. The van der Waals surface area contributed by atoms with Crippen LogP contribution in [0.2, 0.25) is 0 Å². The number of nitrogens with two attached hydrogens (primary N) is 1. The molecule has 0 atom stereocenters. The van der Waals surface area contributed by atoms with Crippen molar-refractivity contribution in [2.24, 2.45) is 0 Å². The highest BCUT2D eigenvalue weighted by Gasteiger charge is 2.06. The standard InChI is InChI=1S/C15H16N4O/c16-14-10-12-4-1-2-5-13(12)15(20)19(14)8-3-7-18-9-6-17-11-18/h1-2,4-6,9-11H,3,7-8,16H2. The highest BCUT2D eigenvalue weighted by atomic mass is 16.1. The lowest BCUT2D eigenvalue weighted by atomic mass is 10.1. The maximum atomic E-state index is 12.4. The lowest BCUT2D eigenvalue weighted by Gasteiger charge is -2.11. The summed E-state index contributed by atoms with van der Waals surface area (Å²) in [5, 5.41) is 1.60. The molecule has 0 amide bonds. The Kier molecular flexibility index (Phi) is 3.25. The van der Waals surface area contributed by atoms with Gasteiger partial charge in [0.25, 0.3) is 5.56 Å². The van der Waals surface area contributed by atoms with E-state index in [9.17, 15) is 4.79 Å². The second-order valence-corrected chi connectivity index (χ2v) is 4.77. The molecule has 0 aliphatic rings. The van der Waals surface area contributed by atoms with Crippen LogP contribution in [0.4, 0.5) is 5.82 Å². The fraction of sp³-hybridized carbons (Fsp3) is 0.200. The van der Waals surface area contributed by atoms with Gasteiger partial charge < -0.3 is 10.3 Å². The van der Waals surface area contributed by atoms with Gasteiger partial charge in [0.15, 0.2) is 0 Å². The van der Waals surface area contributed by atoms with E-state index >= 15 is 0 Å². The molecule has 5 nitrogen and oxygen atoms in total. The van der Waals surface area contributed by atoms with Crippen molar-refractivity contribution in [1.29, 1.82) is 0 Å². The molecule has 0 saturated carbocycles. The molecular weight excluding hydrogens is 252 g/mol. The van der Waals surface area contributed by atoms with Crippen molar-refractivity contribution in [3.05, 3.63) is 59.4 Å². The third-order valence-corrected chi connectivity index (χ3v) is 3.41. The van der Waals surface area contributed by atoms with Crippen LogP contribution in [-0.2, 0) is 13.1 Å². The molecule has 1 aromatic carbocycles. The van der Waals surface area contributed by atoms with Gasteiger partial charge in [0.05, 0.1) is 6.33 Å². The summed E-state index contributed by atoms with van der Waals surface area (Å²) in [4.78, 5) is 16.4. The second kappa shape index (κ2) is 5.21. The van der Waals surface area contributed by atoms with Crippen LogP contribution in [0.1, 0.15) is 6.42 Å². The van der Waals surface area contributed by atoms with E-state index in [1.54, 1.807) is 17.1 Å². The molecule has 2 aromatic heterocycles. The number of aryl methyl sites for hydroxylation is 1. The van der Waals surface area contributed by atoms with Gasteiger partial charge in [-0.1, -0.05) is 18.2 Å². The first-order valence-corrected chi connectivity index (χ1v) is 6.59. The number of nitrogens with zero attached hydrogens (tertiary/aromatic N) is 3. The highest BCUT2D eigenvalue weighted by Crippen LogP contribution is 2.13. The predicted molar refractivity (Wildman–Crippen MR) is 79.5 cm³/mol. The molecule has 0 bridgehead atoms. The van der Waals surface area contributed by atoms with E-state index < -0.39 is 0 Å². The third kappa shape index (κ3) is 2.30. The topological polar surface area (TPSA) is 65.8 Å². The van der Waals surface area contributed by atoms with Crippen LogP contribution in [0.25, 0.3) is 10.8 Å². The summed E-state index contributed by atoms with van der Waals surface area (Å²) in [6, 6.07) is 9.38. The Morgan fingerprint density at radius 1 is 1.20 bits per heavy atom. The summed E-state index contributed by atoms with van der Waals surface area (Å²) < 4.78 is 3.63. The van der Waals surface area contributed by atoms with E-state index in [1.807, 2.05) is 41.1 Å². The fourth-order valence-electron chi connectivity index (χ4n) is 2.38. The third-order valence-electron chi connectivity index (χ3n) is 3.41. The minimum absolute atomic E-state index is 0.0220. The van der Waals surface area contributed by atoms with Gasteiger partial charge in [-0.25, -0.2) is 4.98 Å². The van der Waals surface area contributed by atoms with Gasteiger partial charge in [-0.15, -0.1) is 0 Å². The summed E-state index contributed by atoms with van der Waals surface area (Å²) in [5.74, 6) is 0.513. The molecule has 0 unspecified atom stereocenters. The van der Waals surface area contributed by atoms with Crippen molar-refractivity contribution < 1.29 is 0 Å². The van der Waals surface area contributed by atoms with Gasteiger partial charge in [0.1, 0.15) is 5.82 Å². The van der Waals surface area contributed by atoms with Gasteiger partial charge in [0, 0.05) is 30.9 Å². The Balaban J connectivity index is 1.85. The molecule has 3 aromatic rings. The van der Waals surface area contributed by atoms with E-state index in [1.165, 1.54) is 0 Å². The lowest BCUT2D eigenvalue weighted by molar-refractivity contribution is 0.559. The summed E-state index contributed by atoms with van der Waals surface area (Å²) >= 11 is 0. The minimum Gasteiger partial charge on any atom is -0.385 e. The fourth-order valence-corrected chi connectivity index (χ4v) is 2.38.